The summed E-state index contributed by atoms with van der Waals surface area (Å²) in [6, 6.07) is 9.41. The van der Waals surface area contributed by atoms with Crippen LogP contribution in [-0.4, -0.2) is 24.7 Å². The van der Waals surface area contributed by atoms with Crippen LogP contribution in [0.1, 0.15) is 13.8 Å². The van der Waals surface area contributed by atoms with Crippen molar-refractivity contribution in [2.45, 2.75) is 24.8 Å². The van der Waals surface area contributed by atoms with E-state index in [1.165, 1.54) is 12.1 Å². The van der Waals surface area contributed by atoms with Crippen LogP contribution < -0.4 is 10.0 Å². The Kier molecular flexibility index (Phi) is 4.64. The van der Waals surface area contributed by atoms with Gasteiger partial charge in [-0.3, -0.25) is 4.72 Å². The van der Waals surface area contributed by atoms with Crippen molar-refractivity contribution in [3.8, 4) is 0 Å². The van der Waals surface area contributed by atoms with Crippen LogP contribution in [0.25, 0.3) is 0 Å². The predicted molar refractivity (Wildman–Crippen MR) is 83.1 cm³/mol. The molecule has 0 fully saturated rings. The zero-order valence-electron chi connectivity index (χ0n) is 11.5. The number of nitrogens with one attached hydrogen (secondary N) is 2. The molecule has 1 aromatic heterocycles. The first kappa shape index (κ1) is 15.5. The van der Waals surface area contributed by atoms with Crippen LogP contribution in [0.4, 0.5) is 11.6 Å². The molecule has 0 bridgehead atoms. The van der Waals surface area contributed by atoms with Gasteiger partial charge in [-0.1, -0.05) is 17.7 Å². The Hall–Kier alpha value is -1.86. The van der Waals surface area contributed by atoms with Crippen molar-refractivity contribution in [2.75, 3.05) is 10.0 Å². The summed E-state index contributed by atoms with van der Waals surface area (Å²) in [5, 5.41) is 11.1. The zero-order chi connectivity index (χ0) is 15.5. The summed E-state index contributed by atoms with van der Waals surface area (Å²) < 4.78 is 26.7. The first-order valence-corrected chi connectivity index (χ1v) is 8.11. The van der Waals surface area contributed by atoms with Gasteiger partial charge in [0.05, 0.1) is 4.90 Å². The minimum absolute atomic E-state index is 0.0705. The van der Waals surface area contributed by atoms with Crippen molar-refractivity contribution in [1.29, 1.82) is 0 Å². The van der Waals surface area contributed by atoms with Crippen LogP contribution in [0.15, 0.2) is 41.3 Å². The van der Waals surface area contributed by atoms with Gasteiger partial charge in [-0.2, -0.15) is 0 Å². The van der Waals surface area contributed by atoms with E-state index in [1.807, 2.05) is 13.8 Å². The molecule has 2 rings (SSSR count). The largest absolute Gasteiger partial charge is 0.366 e. The van der Waals surface area contributed by atoms with E-state index in [2.05, 4.69) is 20.2 Å². The highest BCUT2D eigenvalue weighted by Crippen LogP contribution is 2.18. The minimum Gasteiger partial charge on any atom is -0.366 e. The lowest BCUT2D eigenvalue weighted by molar-refractivity contribution is 0.601. The third-order valence-corrected chi connectivity index (χ3v) is 4.03. The molecule has 0 atom stereocenters. The number of anilines is 2. The molecule has 6 nitrogen and oxygen atoms in total. The molecule has 0 saturated heterocycles. The smallest absolute Gasteiger partial charge is 0.263 e. The Balaban J connectivity index is 2.17. The molecule has 0 unspecified atom stereocenters. The second-order valence-corrected chi connectivity index (χ2v) is 6.78. The van der Waals surface area contributed by atoms with E-state index in [9.17, 15) is 8.42 Å². The lowest BCUT2D eigenvalue weighted by Gasteiger charge is -2.10. The topological polar surface area (TPSA) is 84.0 Å². The van der Waals surface area contributed by atoms with E-state index in [1.54, 1.807) is 24.3 Å². The molecule has 2 aromatic rings. The van der Waals surface area contributed by atoms with E-state index in [0.717, 1.165) is 0 Å². The highest BCUT2D eigenvalue weighted by Gasteiger charge is 2.15. The Labute approximate surface area is 128 Å². The van der Waals surface area contributed by atoms with Crippen LogP contribution in [0.2, 0.25) is 5.02 Å². The molecular weight excluding hydrogens is 312 g/mol. The quantitative estimate of drug-likeness (QED) is 0.882. The first-order valence-electron chi connectivity index (χ1n) is 6.25. The number of hydrogen-bond acceptors (Lipinski definition) is 5. The maximum Gasteiger partial charge on any atom is 0.263 e. The van der Waals surface area contributed by atoms with Gasteiger partial charge >= 0.3 is 0 Å². The van der Waals surface area contributed by atoms with Crippen LogP contribution in [0, 0.1) is 0 Å². The van der Waals surface area contributed by atoms with Gasteiger partial charge in [0.2, 0.25) is 0 Å². The van der Waals surface area contributed by atoms with E-state index in [-0.39, 0.29) is 16.8 Å². The molecular formula is C13H15ClN4O2S. The molecule has 0 aliphatic carbocycles. The third kappa shape index (κ3) is 4.30. The maximum atomic E-state index is 12.2. The van der Waals surface area contributed by atoms with E-state index < -0.39 is 10.0 Å². The van der Waals surface area contributed by atoms with Crippen LogP contribution in [0.3, 0.4) is 0 Å². The normalized spacial score (nSPS) is 11.4. The van der Waals surface area contributed by atoms with E-state index >= 15 is 0 Å². The van der Waals surface area contributed by atoms with Gasteiger partial charge in [0.25, 0.3) is 10.0 Å². The highest BCUT2D eigenvalue weighted by atomic mass is 35.5. The van der Waals surface area contributed by atoms with Gasteiger partial charge in [0.1, 0.15) is 5.82 Å². The van der Waals surface area contributed by atoms with E-state index in [0.29, 0.717) is 10.8 Å². The molecule has 0 radical (unpaired) electrons. The molecule has 1 aromatic carbocycles. The monoisotopic (exact) mass is 326 g/mol. The van der Waals surface area contributed by atoms with Gasteiger partial charge in [-0.15, -0.1) is 10.2 Å². The molecule has 21 heavy (non-hydrogen) atoms. The number of nitrogens with zero attached hydrogens (tertiary/aromatic N) is 2. The first-order chi connectivity index (χ1) is 9.87. The van der Waals surface area contributed by atoms with Crippen molar-refractivity contribution in [3.05, 3.63) is 41.4 Å². The second-order valence-electron chi connectivity index (χ2n) is 4.67. The summed E-state index contributed by atoms with van der Waals surface area (Å²) in [7, 11) is -3.73. The summed E-state index contributed by atoms with van der Waals surface area (Å²) in [4.78, 5) is 0.0705. The van der Waals surface area contributed by atoms with Crippen LogP contribution in [0.5, 0.6) is 0 Å². The summed E-state index contributed by atoms with van der Waals surface area (Å²) in [5.74, 6) is 0.722. The molecule has 0 aliphatic rings. The molecule has 0 saturated carbocycles. The van der Waals surface area contributed by atoms with Crippen molar-refractivity contribution in [1.82, 2.24) is 10.2 Å². The van der Waals surface area contributed by atoms with Crippen molar-refractivity contribution >= 4 is 33.3 Å². The lowest BCUT2D eigenvalue weighted by atomic mass is 10.4. The summed E-state index contributed by atoms with van der Waals surface area (Å²) in [6.07, 6.45) is 0. The third-order valence-electron chi connectivity index (χ3n) is 2.45. The van der Waals surface area contributed by atoms with Crippen molar-refractivity contribution < 1.29 is 8.42 Å². The summed E-state index contributed by atoms with van der Waals surface area (Å²) in [5.41, 5.74) is 0. The second kappa shape index (κ2) is 6.28. The fraction of sp³-hybridized carbons (Fsp3) is 0.231. The fourth-order valence-electron chi connectivity index (χ4n) is 1.59. The number of halogens is 1. The Morgan fingerprint density at radius 3 is 2.33 bits per heavy atom. The molecule has 0 aliphatic heterocycles. The number of rotatable bonds is 5. The van der Waals surface area contributed by atoms with Gasteiger partial charge in [0.15, 0.2) is 5.82 Å². The lowest BCUT2D eigenvalue weighted by Crippen LogP contribution is -2.15. The van der Waals surface area contributed by atoms with Crippen LogP contribution in [-0.2, 0) is 10.0 Å². The minimum atomic E-state index is -3.73. The molecule has 2 N–H and O–H groups in total. The zero-order valence-corrected chi connectivity index (χ0v) is 13.1. The number of benzene rings is 1. The van der Waals surface area contributed by atoms with Gasteiger partial charge in [0, 0.05) is 11.1 Å². The fourth-order valence-corrected chi connectivity index (χ4v) is 2.89. The van der Waals surface area contributed by atoms with E-state index in [4.69, 9.17) is 11.6 Å². The molecule has 1 heterocycles. The SMILES string of the molecule is CC(C)Nc1ccc(NS(=O)(=O)c2cccc(Cl)c2)nn1. The van der Waals surface area contributed by atoms with Crippen LogP contribution >= 0.6 is 11.6 Å². The van der Waals surface area contributed by atoms with Crippen molar-refractivity contribution in [3.63, 3.8) is 0 Å². The number of hydrogen-bond donors (Lipinski definition) is 2. The number of sulfonamides is 1. The summed E-state index contributed by atoms with van der Waals surface area (Å²) in [6.45, 7) is 3.94. The maximum absolute atomic E-state index is 12.2. The molecule has 8 heteroatoms. The average molecular weight is 327 g/mol. The Morgan fingerprint density at radius 1 is 1.10 bits per heavy atom. The number of aromatic nitrogens is 2. The molecule has 112 valence electrons. The predicted octanol–water partition coefficient (Wildman–Crippen LogP) is 2.75. The highest BCUT2D eigenvalue weighted by molar-refractivity contribution is 7.92. The summed E-state index contributed by atoms with van der Waals surface area (Å²) >= 11 is 5.79. The molecule has 0 amide bonds. The van der Waals surface area contributed by atoms with Crippen molar-refractivity contribution in [2.24, 2.45) is 0 Å². The van der Waals surface area contributed by atoms with Gasteiger partial charge in [-0.25, -0.2) is 8.42 Å². The van der Waals surface area contributed by atoms with Gasteiger partial charge < -0.3 is 5.32 Å². The molecule has 0 spiro atoms. The Morgan fingerprint density at radius 2 is 1.76 bits per heavy atom. The standard InChI is InChI=1S/C13H15ClN4O2S/c1-9(2)15-12-6-7-13(17-16-12)18-21(19,20)11-5-3-4-10(14)8-11/h3-9H,1-2H3,(H,15,16)(H,17,18). The van der Waals surface area contributed by atoms with Gasteiger partial charge in [-0.05, 0) is 44.2 Å². The average Bonchev–Trinajstić information content (AvgIpc) is 2.40. The Bertz CT molecular complexity index is 717.